The molecule has 152 valence electrons. The van der Waals surface area contributed by atoms with Crippen molar-refractivity contribution in [3.05, 3.63) is 59.8 Å². The average molecular weight is 396 g/mol. The Morgan fingerprint density at radius 2 is 1.97 bits per heavy atom. The fourth-order valence-corrected chi connectivity index (χ4v) is 3.07. The summed E-state index contributed by atoms with van der Waals surface area (Å²) in [5.41, 5.74) is 1.92. The predicted molar refractivity (Wildman–Crippen MR) is 109 cm³/mol. The van der Waals surface area contributed by atoms with E-state index in [2.05, 4.69) is 39.1 Å². The molecule has 0 fully saturated rings. The number of amides is 1. The average Bonchev–Trinajstić information content (AvgIpc) is 3.13. The molecule has 0 spiro atoms. The van der Waals surface area contributed by atoms with Gasteiger partial charge < -0.3 is 10.2 Å². The number of hydrogen-bond donors (Lipinski definition) is 1. The lowest BCUT2D eigenvalue weighted by Gasteiger charge is -2.17. The van der Waals surface area contributed by atoms with Crippen LogP contribution in [0.5, 0.6) is 0 Å². The van der Waals surface area contributed by atoms with Crippen molar-refractivity contribution >= 4 is 5.91 Å². The van der Waals surface area contributed by atoms with Crippen LogP contribution < -0.4 is 5.32 Å². The molecule has 3 rings (SSSR count). The van der Waals surface area contributed by atoms with E-state index in [4.69, 9.17) is 0 Å². The highest BCUT2D eigenvalue weighted by Crippen LogP contribution is 2.21. The molecule has 0 radical (unpaired) electrons. The van der Waals surface area contributed by atoms with Crippen molar-refractivity contribution in [2.24, 2.45) is 0 Å². The van der Waals surface area contributed by atoms with E-state index in [-0.39, 0.29) is 17.7 Å². The normalized spacial score (nSPS) is 11.1. The van der Waals surface area contributed by atoms with Crippen LogP contribution in [-0.4, -0.2) is 56.7 Å². The number of nitrogens with one attached hydrogen (secondary N) is 1. The second-order valence-corrected chi connectivity index (χ2v) is 6.56. The molecule has 0 aliphatic heterocycles. The maximum absolute atomic E-state index is 14.1. The Balaban J connectivity index is 1.78. The minimum Gasteiger partial charge on any atom is -0.351 e. The minimum atomic E-state index is -0.359. The number of hydrogen-bond acceptors (Lipinski definition) is 5. The van der Waals surface area contributed by atoms with E-state index < -0.39 is 0 Å². The Morgan fingerprint density at radius 1 is 1.21 bits per heavy atom. The van der Waals surface area contributed by atoms with Gasteiger partial charge in [-0.15, -0.1) is 0 Å². The predicted octanol–water partition coefficient (Wildman–Crippen LogP) is 2.85. The van der Waals surface area contributed by atoms with Crippen molar-refractivity contribution in [3.8, 4) is 17.2 Å². The van der Waals surface area contributed by atoms with Crippen LogP contribution in [0.2, 0.25) is 0 Å². The molecule has 0 atom stereocenters. The number of aromatic nitrogens is 4. The monoisotopic (exact) mass is 396 g/mol. The van der Waals surface area contributed by atoms with Crippen LogP contribution in [0.25, 0.3) is 17.2 Å². The summed E-state index contributed by atoms with van der Waals surface area (Å²) in [5.74, 6) is -0.265. The molecule has 0 unspecified atom stereocenters. The molecule has 8 heteroatoms. The molecule has 29 heavy (non-hydrogen) atoms. The van der Waals surface area contributed by atoms with Gasteiger partial charge in [-0.1, -0.05) is 26.0 Å². The first-order valence-electron chi connectivity index (χ1n) is 9.68. The quantitative estimate of drug-likeness (QED) is 0.634. The van der Waals surface area contributed by atoms with Gasteiger partial charge in [0.1, 0.15) is 5.82 Å². The first kappa shape index (κ1) is 20.6. The number of carbonyl (C=O) groups is 1. The number of carbonyl (C=O) groups excluding carboxylic acids is 1. The van der Waals surface area contributed by atoms with Crippen molar-refractivity contribution in [2.75, 3.05) is 26.2 Å². The highest BCUT2D eigenvalue weighted by molar-refractivity contribution is 5.95. The van der Waals surface area contributed by atoms with Crippen LogP contribution in [0.15, 0.2) is 42.7 Å². The Bertz CT molecular complexity index is 983. The van der Waals surface area contributed by atoms with Gasteiger partial charge in [-0.2, -0.15) is 5.10 Å². The second kappa shape index (κ2) is 9.38. The van der Waals surface area contributed by atoms with E-state index in [0.29, 0.717) is 29.1 Å². The third-order valence-corrected chi connectivity index (χ3v) is 4.84. The molecular weight excluding hydrogens is 371 g/mol. The van der Waals surface area contributed by atoms with Gasteiger partial charge in [0.25, 0.3) is 11.9 Å². The summed E-state index contributed by atoms with van der Waals surface area (Å²) in [6.45, 7) is 9.21. The summed E-state index contributed by atoms with van der Waals surface area (Å²) in [4.78, 5) is 23.4. The Labute approximate surface area is 169 Å². The first-order chi connectivity index (χ1) is 14.0. The van der Waals surface area contributed by atoms with Crippen molar-refractivity contribution in [2.45, 2.75) is 20.8 Å². The molecule has 3 aromatic rings. The Morgan fingerprint density at radius 3 is 2.69 bits per heavy atom. The van der Waals surface area contributed by atoms with E-state index in [1.165, 1.54) is 16.9 Å². The zero-order valence-corrected chi connectivity index (χ0v) is 16.9. The van der Waals surface area contributed by atoms with Crippen LogP contribution in [0.4, 0.5) is 4.39 Å². The standard InChI is InChI=1S/C21H25FN6O/c1-4-27(5-2)13-12-23-20(29)17-14-25-28(15(17)3)21-24-11-10-19(26-21)16-8-6-7-9-18(16)22/h6-11,14H,4-5,12-13H2,1-3H3,(H,23,29). The van der Waals surface area contributed by atoms with E-state index in [9.17, 15) is 9.18 Å². The second-order valence-electron chi connectivity index (χ2n) is 6.56. The lowest BCUT2D eigenvalue weighted by molar-refractivity contribution is 0.0948. The van der Waals surface area contributed by atoms with Gasteiger partial charge in [-0.05, 0) is 38.2 Å². The molecule has 2 heterocycles. The highest BCUT2D eigenvalue weighted by atomic mass is 19.1. The van der Waals surface area contributed by atoms with Gasteiger partial charge in [-0.3, -0.25) is 4.79 Å². The van der Waals surface area contributed by atoms with Gasteiger partial charge >= 0.3 is 0 Å². The molecule has 0 saturated heterocycles. The molecule has 0 aliphatic rings. The summed E-state index contributed by atoms with van der Waals surface area (Å²) in [5, 5.41) is 7.19. The third kappa shape index (κ3) is 4.65. The summed E-state index contributed by atoms with van der Waals surface area (Å²) in [6, 6.07) is 8.06. The van der Waals surface area contributed by atoms with Crippen molar-refractivity contribution in [1.82, 2.24) is 30.0 Å². The molecule has 0 bridgehead atoms. The zero-order chi connectivity index (χ0) is 20.8. The van der Waals surface area contributed by atoms with Crippen LogP contribution in [0, 0.1) is 12.7 Å². The largest absolute Gasteiger partial charge is 0.351 e. The molecule has 0 aliphatic carbocycles. The SMILES string of the molecule is CCN(CC)CCNC(=O)c1cnn(-c2nccc(-c3ccccc3F)n2)c1C. The summed E-state index contributed by atoms with van der Waals surface area (Å²) >= 11 is 0. The maximum Gasteiger partial charge on any atom is 0.254 e. The van der Waals surface area contributed by atoms with E-state index in [1.807, 2.05) is 0 Å². The number of halogens is 1. The van der Waals surface area contributed by atoms with Gasteiger partial charge in [0.05, 0.1) is 23.1 Å². The lowest BCUT2D eigenvalue weighted by Crippen LogP contribution is -2.34. The maximum atomic E-state index is 14.1. The van der Waals surface area contributed by atoms with Crippen LogP contribution in [0.3, 0.4) is 0 Å². The number of rotatable bonds is 8. The van der Waals surface area contributed by atoms with E-state index in [0.717, 1.165) is 19.6 Å². The van der Waals surface area contributed by atoms with Crippen molar-refractivity contribution < 1.29 is 9.18 Å². The topological polar surface area (TPSA) is 75.9 Å². The highest BCUT2D eigenvalue weighted by Gasteiger charge is 2.17. The molecular formula is C21H25FN6O. The Kier molecular flexibility index (Phi) is 6.66. The molecule has 1 N–H and O–H groups in total. The minimum absolute atomic E-state index is 0.189. The molecule has 1 amide bonds. The molecule has 0 saturated carbocycles. The van der Waals surface area contributed by atoms with Gasteiger partial charge in [0.2, 0.25) is 0 Å². The third-order valence-electron chi connectivity index (χ3n) is 4.84. The number of benzene rings is 1. The molecule has 7 nitrogen and oxygen atoms in total. The van der Waals surface area contributed by atoms with Crippen LogP contribution >= 0.6 is 0 Å². The Hall–Kier alpha value is -3.13. The first-order valence-corrected chi connectivity index (χ1v) is 9.68. The van der Waals surface area contributed by atoms with Gasteiger partial charge in [0, 0.05) is 24.8 Å². The van der Waals surface area contributed by atoms with Gasteiger partial charge in [-0.25, -0.2) is 19.0 Å². The lowest BCUT2D eigenvalue weighted by atomic mass is 10.1. The number of nitrogens with zero attached hydrogens (tertiary/aromatic N) is 5. The van der Waals surface area contributed by atoms with Crippen molar-refractivity contribution in [3.63, 3.8) is 0 Å². The fourth-order valence-electron chi connectivity index (χ4n) is 3.07. The van der Waals surface area contributed by atoms with Gasteiger partial charge in [0.15, 0.2) is 0 Å². The van der Waals surface area contributed by atoms with E-state index in [1.54, 1.807) is 37.4 Å². The van der Waals surface area contributed by atoms with Crippen molar-refractivity contribution in [1.29, 1.82) is 0 Å². The van der Waals surface area contributed by atoms with Crippen LogP contribution in [-0.2, 0) is 0 Å². The smallest absolute Gasteiger partial charge is 0.254 e. The molecule has 2 aromatic heterocycles. The fraction of sp³-hybridized carbons (Fsp3) is 0.333. The molecule has 1 aromatic carbocycles. The summed E-state index contributed by atoms with van der Waals surface area (Å²) in [6.07, 6.45) is 3.05. The number of likely N-dealkylation sites (N-methyl/N-ethyl adjacent to an activating group) is 1. The van der Waals surface area contributed by atoms with Crippen LogP contribution in [0.1, 0.15) is 29.9 Å². The zero-order valence-electron chi connectivity index (χ0n) is 16.9. The van der Waals surface area contributed by atoms with E-state index >= 15 is 0 Å². The summed E-state index contributed by atoms with van der Waals surface area (Å²) in [7, 11) is 0. The summed E-state index contributed by atoms with van der Waals surface area (Å²) < 4.78 is 15.6.